The van der Waals surface area contributed by atoms with Crippen LogP contribution in [0.1, 0.15) is 21.7 Å². The Morgan fingerprint density at radius 1 is 1.24 bits per heavy atom. The molecular weight excluding hydrogens is 216 g/mol. The van der Waals surface area contributed by atoms with Gasteiger partial charge in [-0.1, -0.05) is 0 Å². The van der Waals surface area contributed by atoms with Crippen LogP contribution in [0.2, 0.25) is 0 Å². The number of hydrogen-bond acceptors (Lipinski definition) is 4. The van der Waals surface area contributed by atoms with Crippen LogP contribution in [0.15, 0.2) is 36.7 Å². The highest BCUT2D eigenvalue weighted by atomic mass is 16.5. The Bertz CT molecular complexity index is 553. The van der Waals surface area contributed by atoms with Crippen molar-refractivity contribution in [3.63, 3.8) is 0 Å². The first-order chi connectivity index (χ1) is 8.22. The lowest BCUT2D eigenvalue weighted by atomic mass is 10.1. The normalized spacial score (nSPS) is 10.0. The van der Waals surface area contributed by atoms with E-state index in [1.807, 2.05) is 13.0 Å². The molecule has 0 unspecified atom stereocenters. The van der Waals surface area contributed by atoms with Gasteiger partial charge < -0.3 is 4.74 Å². The molecule has 0 aliphatic rings. The standard InChI is InChI=1S/C13H12N2O2/c1-9-5-7-14-10(8-9)13(16)12-11(17-2)4-3-6-15-12/h3-8H,1-2H3. The topological polar surface area (TPSA) is 52.1 Å². The molecule has 2 aromatic heterocycles. The molecule has 0 aliphatic heterocycles. The highest BCUT2D eigenvalue weighted by Crippen LogP contribution is 2.17. The highest BCUT2D eigenvalue weighted by Gasteiger charge is 2.16. The fraction of sp³-hybridized carbons (Fsp3) is 0.154. The number of ether oxygens (including phenoxy) is 1. The monoisotopic (exact) mass is 228 g/mol. The van der Waals surface area contributed by atoms with Crippen LogP contribution in [0.4, 0.5) is 0 Å². The van der Waals surface area contributed by atoms with Crippen molar-refractivity contribution in [2.45, 2.75) is 6.92 Å². The van der Waals surface area contributed by atoms with Crippen LogP contribution in [-0.2, 0) is 0 Å². The number of carbonyl (C=O) groups excluding carboxylic acids is 1. The summed E-state index contributed by atoms with van der Waals surface area (Å²) in [7, 11) is 1.51. The smallest absolute Gasteiger partial charge is 0.233 e. The number of carbonyl (C=O) groups is 1. The molecule has 17 heavy (non-hydrogen) atoms. The minimum Gasteiger partial charge on any atom is -0.494 e. The lowest BCUT2D eigenvalue weighted by Gasteiger charge is -2.05. The van der Waals surface area contributed by atoms with Gasteiger partial charge in [-0.05, 0) is 36.8 Å². The largest absolute Gasteiger partial charge is 0.494 e. The highest BCUT2D eigenvalue weighted by molar-refractivity contribution is 6.08. The second-order valence-electron chi connectivity index (χ2n) is 3.60. The zero-order valence-corrected chi connectivity index (χ0v) is 9.68. The zero-order chi connectivity index (χ0) is 12.3. The van der Waals surface area contributed by atoms with Crippen molar-refractivity contribution in [1.29, 1.82) is 0 Å². The Balaban J connectivity index is 2.44. The van der Waals surface area contributed by atoms with Gasteiger partial charge in [-0.15, -0.1) is 0 Å². The number of rotatable bonds is 3. The van der Waals surface area contributed by atoms with E-state index in [9.17, 15) is 4.79 Å². The van der Waals surface area contributed by atoms with E-state index in [0.717, 1.165) is 5.56 Å². The van der Waals surface area contributed by atoms with Gasteiger partial charge in [-0.2, -0.15) is 0 Å². The van der Waals surface area contributed by atoms with Gasteiger partial charge in [0.2, 0.25) is 5.78 Å². The van der Waals surface area contributed by atoms with Gasteiger partial charge in [0, 0.05) is 12.4 Å². The molecule has 0 radical (unpaired) electrons. The first-order valence-electron chi connectivity index (χ1n) is 5.18. The molecule has 0 saturated carbocycles. The maximum absolute atomic E-state index is 12.2. The van der Waals surface area contributed by atoms with E-state index in [4.69, 9.17) is 4.74 Å². The summed E-state index contributed by atoms with van der Waals surface area (Å²) in [5, 5.41) is 0. The molecular formula is C13H12N2O2. The van der Waals surface area contributed by atoms with Crippen molar-refractivity contribution in [3.8, 4) is 5.75 Å². The van der Waals surface area contributed by atoms with Crippen LogP contribution < -0.4 is 4.74 Å². The molecule has 0 aromatic carbocycles. The molecule has 0 fully saturated rings. The first kappa shape index (κ1) is 11.3. The van der Waals surface area contributed by atoms with Crippen LogP contribution in [0, 0.1) is 6.92 Å². The molecule has 2 rings (SSSR count). The second-order valence-corrected chi connectivity index (χ2v) is 3.60. The number of aryl methyl sites for hydroxylation is 1. The third-order valence-electron chi connectivity index (χ3n) is 2.35. The van der Waals surface area contributed by atoms with Gasteiger partial charge in [0.25, 0.3) is 0 Å². The van der Waals surface area contributed by atoms with Crippen LogP contribution >= 0.6 is 0 Å². The Hall–Kier alpha value is -2.23. The van der Waals surface area contributed by atoms with E-state index in [2.05, 4.69) is 9.97 Å². The van der Waals surface area contributed by atoms with Crippen molar-refractivity contribution in [2.75, 3.05) is 7.11 Å². The summed E-state index contributed by atoms with van der Waals surface area (Å²) < 4.78 is 5.11. The number of ketones is 1. The van der Waals surface area contributed by atoms with Crippen molar-refractivity contribution >= 4 is 5.78 Å². The summed E-state index contributed by atoms with van der Waals surface area (Å²) in [5.41, 5.74) is 1.65. The maximum atomic E-state index is 12.2. The molecule has 2 heterocycles. The van der Waals surface area contributed by atoms with E-state index >= 15 is 0 Å². The quantitative estimate of drug-likeness (QED) is 0.754. The van der Waals surface area contributed by atoms with Gasteiger partial charge in [0.05, 0.1) is 7.11 Å². The van der Waals surface area contributed by atoms with Crippen molar-refractivity contribution < 1.29 is 9.53 Å². The van der Waals surface area contributed by atoms with E-state index in [1.54, 1.807) is 30.6 Å². The lowest BCUT2D eigenvalue weighted by molar-refractivity contribution is 0.102. The van der Waals surface area contributed by atoms with Gasteiger partial charge in [-0.3, -0.25) is 9.78 Å². The molecule has 2 aromatic rings. The minimum atomic E-state index is -0.230. The number of hydrogen-bond donors (Lipinski definition) is 0. The maximum Gasteiger partial charge on any atom is 0.233 e. The van der Waals surface area contributed by atoms with Crippen molar-refractivity contribution in [2.24, 2.45) is 0 Å². The van der Waals surface area contributed by atoms with E-state index in [-0.39, 0.29) is 11.5 Å². The molecule has 0 saturated heterocycles. The van der Waals surface area contributed by atoms with E-state index < -0.39 is 0 Å². The van der Waals surface area contributed by atoms with Crippen LogP contribution in [0.25, 0.3) is 0 Å². The van der Waals surface area contributed by atoms with Crippen molar-refractivity contribution in [3.05, 3.63) is 53.6 Å². The average Bonchev–Trinajstić information content (AvgIpc) is 2.38. The number of aromatic nitrogens is 2. The Labute approximate surface area is 99.3 Å². The van der Waals surface area contributed by atoms with Gasteiger partial charge in [0.1, 0.15) is 11.4 Å². The number of pyridine rings is 2. The third kappa shape index (κ3) is 2.30. The summed E-state index contributed by atoms with van der Waals surface area (Å²) in [5.74, 6) is 0.229. The fourth-order valence-electron chi connectivity index (χ4n) is 1.51. The van der Waals surface area contributed by atoms with Gasteiger partial charge in [-0.25, -0.2) is 4.98 Å². The third-order valence-corrected chi connectivity index (χ3v) is 2.35. The predicted molar refractivity (Wildman–Crippen MR) is 63.2 cm³/mol. The van der Waals surface area contributed by atoms with Gasteiger partial charge in [0.15, 0.2) is 5.69 Å². The Kier molecular flexibility index (Phi) is 3.14. The average molecular weight is 228 g/mol. The molecule has 0 N–H and O–H groups in total. The summed E-state index contributed by atoms with van der Waals surface area (Å²) in [6, 6.07) is 7.00. The summed E-state index contributed by atoms with van der Waals surface area (Å²) in [6.07, 6.45) is 3.17. The van der Waals surface area contributed by atoms with Crippen LogP contribution in [-0.4, -0.2) is 22.9 Å². The van der Waals surface area contributed by atoms with Crippen molar-refractivity contribution in [1.82, 2.24) is 9.97 Å². The Morgan fingerprint density at radius 3 is 2.76 bits per heavy atom. The molecule has 86 valence electrons. The second kappa shape index (κ2) is 4.74. The summed E-state index contributed by atoms with van der Waals surface area (Å²) >= 11 is 0. The molecule has 0 bridgehead atoms. The minimum absolute atomic E-state index is 0.230. The van der Waals surface area contributed by atoms with Gasteiger partial charge >= 0.3 is 0 Å². The Morgan fingerprint density at radius 2 is 2.06 bits per heavy atom. The molecule has 0 spiro atoms. The van der Waals surface area contributed by atoms with Crippen LogP contribution in [0.3, 0.4) is 0 Å². The molecule has 0 amide bonds. The lowest BCUT2D eigenvalue weighted by Crippen LogP contribution is -2.08. The molecule has 0 aliphatic carbocycles. The predicted octanol–water partition coefficient (Wildman–Crippen LogP) is 2.02. The number of methoxy groups -OCH3 is 1. The molecule has 0 atom stereocenters. The summed E-state index contributed by atoms with van der Waals surface area (Å²) in [4.78, 5) is 20.3. The number of nitrogens with zero attached hydrogens (tertiary/aromatic N) is 2. The van der Waals surface area contributed by atoms with E-state index in [1.165, 1.54) is 7.11 Å². The SMILES string of the molecule is COc1cccnc1C(=O)c1cc(C)ccn1. The first-order valence-corrected chi connectivity index (χ1v) is 5.18. The fourth-order valence-corrected chi connectivity index (χ4v) is 1.51. The molecule has 4 heteroatoms. The molecule has 4 nitrogen and oxygen atoms in total. The summed E-state index contributed by atoms with van der Waals surface area (Å²) in [6.45, 7) is 1.91. The van der Waals surface area contributed by atoms with E-state index in [0.29, 0.717) is 11.4 Å². The van der Waals surface area contributed by atoms with Crippen LogP contribution in [0.5, 0.6) is 5.75 Å². The zero-order valence-electron chi connectivity index (χ0n) is 9.68.